The third-order valence-corrected chi connectivity index (χ3v) is 5.91. The average Bonchev–Trinajstić information content (AvgIpc) is 2.79. The van der Waals surface area contributed by atoms with E-state index >= 15 is 0 Å². The number of piperidine rings is 1. The molecule has 0 amide bonds. The Hall–Kier alpha value is -0.945. The van der Waals surface area contributed by atoms with Crippen molar-refractivity contribution < 1.29 is 18.4 Å². The molecule has 1 aromatic carbocycles. The second kappa shape index (κ2) is 7.59. The van der Waals surface area contributed by atoms with Gasteiger partial charge in [0, 0.05) is 31.7 Å². The van der Waals surface area contributed by atoms with Gasteiger partial charge in [-0.15, -0.1) is 0 Å². The lowest BCUT2D eigenvalue weighted by Gasteiger charge is -2.32. The third-order valence-electron chi connectivity index (χ3n) is 5.91. The summed E-state index contributed by atoms with van der Waals surface area (Å²) in [5.41, 5.74) is 0.638. The maximum atomic E-state index is 14.4. The van der Waals surface area contributed by atoms with E-state index in [2.05, 4.69) is 4.90 Å². The molecule has 26 heavy (non-hydrogen) atoms. The molecule has 2 aliphatic rings. The molecule has 0 saturated carbocycles. The molecule has 1 aromatic rings. The van der Waals surface area contributed by atoms with Crippen molar-refractivity contribution >= 4 is 12.6 Å². The van der Waals surface area contributed by atoms with Crippen LogP contribution in [-0.2, 0) is 20.6 Å². The zero-order valence-electron chi connectivity index (χ0n) is 16.7. The molecule has 2 heterocycles. The number of hydrogen-bond acceptors (Lipinski definition) is 4. The standard InChI is InChI=1S/C20H31BFNO3/c1-6-24-16-9-11-23(12-10-16)14-15-7-8-18(22)17(13-15)21-25-19(2,3)20(4,5)26-21/h7-8,13,16H,6,9-12,14H2,1-5H3. The van der Waals surface area contributed by atoms with E-state index in [9.17, 15) is 4.39 Å². The van der Waals surface area contributed by atoms with Crippen molar-refractivity contribution in [1.82, 2.24) is 4.90 Å². The van der Waals surface area contributed by atoms with Crippen LogP contribution in [0.15, 0.2) is 18.2 Å². The lowest BCUT2D eigenvalue weighted by Crippen LogP contribution is -2.41. The second-order valence-corrected chi connectivity index (χ2v) is 8.37. The van der Waals surface area contributed by atoms with E-state index in [0.29, 0.717) is 11.6 Å². The van der Waals surface area contributed by atoms with Crippen LogP contribution in [0.4, 0.5) is 4.39 Å². The predicted octanol–water partition coefficient (Wildman–Crippen LogP) is 3.13. The first-order valence-electron chi connectivity index (χ1n) is 9.70. The van der Waals surface area contributed by atoms with Gasteiger partial charge in [-0.05, 0) is 59.1 Å². The monoisotopic (exact) mass is 363 g/mol. The number of likely N-dealkylation sites (tertiary alicyclic amines) is 1. The van der Waals surface area contributed by atoms with E-state index in [0.717, 1.165) is 44.6 Å². The number of nitrogens with zero attached hydrogens (tertiary/aromatic N) is 1. The molecule has 0 N–H and O–H groups in total. The summed E-state index contributed by atoms with van der Waals surface area (Å²) in [4.78, 5) is 2.40. The van der Waals surface area contributed by atoms with Crippen molar-refractivity contribution in [3.05, 3.63) is 29.6 Å². The molecule has 2 fully saturated rings. The summed E-state index contributed by atoms with van der Waals surface area (Å²) in [6.45, 7) is 13.6. The van der Waals surface area contributed by atoms with Crippen LogP contribution >= 0.6 is 0 Å². The maximum absolute atomic E-state index is 14.4. The molecule has 0 spiro atoms. The van der Waals surface area contributed by atoms with Crippen LogP contribution in [0.3, 0.4) is 0 Å². The number of ether oxygens (including phenoxy) is 1. The number of rotatable bonds is 5. The first-order chi connectivity index (χ1) is 12.2. The fourth-order valence-electron chi connectivity index (χ4n) is 3.57. The minimum absolute atomic E-state index is 0.276. The van der Waals surface area contributed by atoms with Crippen LogP contribution in [0.5, 0.6) is 0 Å². The summed E-state index contributed by atoms with van der Waals surface area (Å²) in [6, 6.07) is 5.29. The van der Waals surface area contributed by atoms with Crippen LogP contribution in [-0.4, -0.2) is 49.0 Å². The highest BCUT2D eigenvalue weighted by atomic mass is 19.1. The molecule has 144 valence electrons. The van der Waals surface area contributed by atoms with Gasteiger partial charge in [0.15, 0.2) is 0 Å². The Morgan fingerprint density at radius 1 is 1.15 bits per heavy atom. The molecule has 0 radical (unpaired) electrons. The maximum Gasteiger partial charge on any atom is 0.497 e. The van der Waals surface area contributed by atoms with Gasteiger partial charge in [0.1, 0.15) is 5.82 Å². The van der Waals surface area contributed by atoms with Gasteiger partial charge in [-0.3, -0.25) is 4.90 Å². The summed E-state index contributed by atoms with van der Waals surface area (Å²) < 4.78 is 32.2. The van der Waals surface area contributed by atoms with Crippen molar-refractivity contribution in [2.75, 3.05) is 19.7 Å². The molecular formula is C20H31BFNO3. The first-order valence-corrected chi connectivity index (χ1v) is 9.70. The Morgan fingerprint density at radius 3 is 2.35 bits per heavy atom. The lowest BCUT2D eigenvalue weighted by molar-refractivity contribution is 0.00578. The third kappa shape index (κ3) is 4.14. The SMILES string of the molecule is CCOC1CCN(Cc2ccc(F)c(B3OC(C)(C)C(C)(C)O3)c2)CC1. The topological polar surface area (TPSA) is 30.9 Å². The average molecular weight is 363 g/mol. The number of benzene rings is 1. The number of hydrogen-bond donors (Lipinski definition) is 0. The van der Waals surface area contributed by atoms with Gasteiger partial charge in [-0.2, -0.15) is 0 Å². The van der Waals surface area contributed by atoms with Crippen LogP contribution < -0.4 is 5.46 Å². The Bertz CT molecular complexity index is 613. The van der Waals surface area contributed by atoms with Crippen molar-refractivity contribution in [3.63, 3.8) is 0 Å². The van der Waals surface area contributed by atoms with Gasteiger partial charge >= 0.3 is 7.12 Å². The van der Waals surface area contributed by atoms with Crippen molar-refractivity contribution in [2.24, 2.45) is 0 Å². The molecule has 3 rings (SSSR count). The quantitative estimate of drug-likeness (QED) is 0.753. The molecule has 2 saturated heterocycles. The van der Waals surface area contributed by atoms with E-state index in [1.54, 1.807) is 0 Å². The Kier molecular flexibility index (Phi) is 5.78. The Morgan fingerprint density at radius 2 is 1.77 bits per heavy atom. The van der Waals surface area contributed by atoms with Crippen LogP contribution in [0.1, 0.15) is 53.0 Å². The van der Waals surface area contributed by atoms with Gasteiger partial charge in [-0.1, -0.05) is 12.1 Å². The van der Waals surface area contributed by atoms with E-state index in [-0.39, 0.29) is 5.82 Å². The lowest BCUT2D eigenvalue weighted by atomic mass is 9.78. The van der Waals surface area contributed by atoms with Gasteiger partial charge in [0.25, 0.3) is 0 Å². The number of halogens is 1. The fourth-order valence-corrected chi connectivity index (χ4v) is 3.57. The van der Waals surface area contributed by atoms with Gasteiger partial charge in [-0.25, -0.2) is 4.39 Å². The molecule has 6 heteroatoms. The van der Waals surface area contributed by atoms with E-state index in [4.69, 9.17) is 14.0 Å². The van der Waals surface area contributed by atoms with E-state index in [1.165, 1.54) is 6.07 Å². The summed E-state index contributed by atoms with van der Waals surface area (Å²) in [7, 11) is -0.663. The summed E-state index contributed by atoms with van der Waals surface area (Å²) >= 11 is 0. The Balaban J connectivity index is 1.67. The van der Waals surface area contributed by atoms with Gasteiger partial charge < -0.3 is 14.0 Å². The molecule has 0 aliphatic carbocycles. The Labute approximate surface area is 157 Å². The molecule has 0 atom stereocenters. The van der Waals surface area contributed by atoms with Crippen LogP contribution in [0, 0.1) is 5.82 Å². The normalized spacial score (nSPS) is 23.5. The van der Waals surface area contributed by atoms with Crippen LogP contribution in [0.25, 0.3) is 0 Å². The minimum Gasteiger partial charge on any atom is -0.399 e. The van der Waals surface area contributed by atoms with Gasteiger partial charge in [0.2, 0.25) is 0 Å². The van der Waals surface area contributed by atoms with Crippen molar-refractivity contribution in [2.45, 2.75) is 71.3 Å². The van der Waals surface area contributed by atoms with Crippen molar-refractivity contribution in [3.8, 4) is 0 Å². The molecule has 4 nitrogen and oxygen atoms in total. The fraction of sp³-hybridized carbons (Fsp3) is 0.700. The second-order valence-electron chi connectivity index (χ2n) is 8.37. The summed E-state index contributed by atoms with van der Waals surface area (Å²) in [6.07, 6.45) is 2.49. The zero-order chi connectivity index (χ0) is 18.9. The highest BCUT2D eigenvalue weighted by molar-refractivity contribution is 6.62. The van der Waals surface area contributed by atoms with Crippen molar-refractivity contribution in [1.29, 1.82) is 0 Å². The molecule has 2 aliphatic heterocycles. The summed E-state index contributed by atoms with van der Waals surface area (Å²) in [5, 5.41) is 0. The smallest absolute Gasteiger partial charge is 0.399 e. The molecular weight excluding hydrogens is 332 g/mol. The largest absolute Gasteiger partial charge is 0.497 e. The molecule has 0 unspecified atom stereocenters. The van der Waals surface area contributed by atoms with E-state index < -0.39 is 18.3 Å². The highest BCUT2D eigenvalue weighted by Gasteiger charge is 2.52. The predicted molar refractivity (Wildman–Crippen MR) is 102 cm³/mol. The molecule has 0 aromatic heterocycles. The minimum atomic E-state index is -0.663. The zero-order valence-corrected chi connectivity index (χ0v) is 16.7. The van der Waals surface area contributed by atoms with E-state index in [1.807, 2.05) is 46.8 Å². The highest BCUT2D eigenvalue weighted by Crippen LogP contribution is 2.36. The summed E-state index contributed by atoms with van der Waals surface area (Å²) in [5.74, 6) is -0.276. The van der Waals surface area contributed by atoms with Gasteiger partial charge in [0.05, 0.1) is 17.3 Å². The first kappa shape index (κ1) is 19.8. The molecule has 0 bridgehead atoms. The van der Waals surface area contributed by atoms with Crippen LogP contribution in [0.2, 0.25) is 0 Å².